The lowest BCUT2D eigenvalue weighted by atomic mass is 10.1. The van der Waals surface area contributed by atoms with Crippen LogP contribution < -0.4 is 5.73 Å². The summed E-state index contributed by atoms with van der Waals surface area (Å²) in [4.78, 5) is 23.4. The first-order valence-electron chi connectivity index (χ1n) is 8.91. The molecule has 0 fully saturated rings. The zero-order chi connectivity index (χ0) is 17.5. The number of aliphatic hydroxyl groups is 1. The monoisotopic (exact) mass is 330 g/mol. The molecule has 0 bridgehead atoms. The van der Waals surface area contributed by atoms with E-state index in [1.165, 1.54) is 0 Å². The number of primary amides is 1. The van der Waals surface area contributed by atoms with Gasteiger partial charge >= 0.3 is 12.0 Å². The minimum absolute atomic E-state index is 0.204. The zero-order valence-electron chi connectivity index (χ0n) is 14.5. The van der Waals surface area contributed by atoms with Crippen molar-refractivity contribution in [3.05, 3.63) is 0 Å². The molecule has 23 heavy (non-hydrogen) atoms. The van der Waals surface area contributed by atoms with E-state index in [0.29, 0.717) is 25.9 Å². The van der Waals surface area contributed by atoms with Crippen LogP contribution in [0.4, 0.5) is 4.79 Å². The van der Waals surface area contributed by atoms with Crippen molar-refractivity contribution in [3.8, 4) is 0 Å². The highest BCUT2D eigenvalue weighted by Gasteiger charge is 2.10. The Bertz CT molecular complexity index is 324. The molecule has 6 heteroatoms. The molecule has 0 rings (SSSR count). The highest BCUT2D eigenvalue weighted by atomic mass is 16.4. The molecule has 0 radical (unpaired) electrons. The molecule has 0 aliphatic rings. The molecular weight excluding hydrogens is 296 g/mol. The third-order valence-electron chi connectivity index (χ3n) is 3.99. The molecular formula is C17H34N2O4. The van der Waals surface area contributed by atoms with Gasteiger partial charge < -0.3 is 20.8 Å². The number of carboxylic acids is 1. The summed E-state index contributed by atoms with van der Waals surface area (Å²) in [7, 11) is 0. The standard InChI is InChI=1S/C17H34N2O4/c1-2-3-6-10-15(20)11-9-14-19(17(18)23)13-8-5-4-7-12-16(21)22/h15,20H,2-14H2,1H3,(H2,18,23)(H,21,22)/t15-/m1/s1. The minimum Gasteiger partial charge on any atom is -0.481 e. The van der Waals surface area contributed by atoms with E-state index in [1.54, 1.807) is 4.90 Å². The predicted octanol–water partition coefficient (Wildman–Crippen LogP) is 3.12. The topological polar surface area (TPSA) is 104 Å². The average molecular weight is 330 g/mol. The number of nitrogens with zero attached hydrogens (tertiary/aromatic N) is 1. The normalized spacial score (nSPS) is 12.1. The second kappa shape index (κ2) is 14.3. The molecule has 136 valence electrons. The fraction of sp³-hybridized carbons (Fsp3) is 0.882. The Hall–Kier alpha value is -1.30. The first-order valence-corrected chi connectivity index (χ1v) is 8.91. The smallest absolute Gasteiger partial charge is 0.314 e. The maximum Gasteiger partial charge on any atom is 0.314 e. The molecule has 0 aliphatic carbocycles. The van der Waals surface area contributed by atoms with Crippen LogP contribution in [0.3, 0.4) is 0 Å². The number of unbranched alkanes of at least 4 members (excludes halogenated alkanes) is 5. The van der Waals surface area contributed by atoms with E-state index < -0.39 is 12.0 Å². The average Bonchev–Trinajstić information content (AvgIpc) is 2.48. The van der Waals surface area contributed by atoms with E-state index in [1.807, 2.05) is 0 Å². The molecule has 0 heterocycles. The highest BCUT2D eigenvalue weighted by molar-refractivity contribution is 5.71. The third kappa shape index (κ3) is 14.0. The van der Waals surface area contributed by atoms with Crippen LogP contribution in [0, 0.1) is 0 Å². The summed E-state index contributed by atoms with van der Waals surface area (Å²) < 4.78 is 0. The molecule has 1 atom stereocenters. The highest BCUT2D eigenvalue weighted by Crippen LogP contribution is 2.10. The molecule has 0 saturated carbocycles. The van der Waals surface area contributed by atoms with Crippen molar-refractivity contribution in [2.75, 3.05) is 13.1 Å². The SMILES string of the molecule is CCCCC[C@@H](O)CCCN(CCCCCCC(=O)O)C(N)=O. The van der Waals surface area contributed by atoms with E-state index in [2.05, 4.69) is 6.92 Å². The van der Waals surface area contributed by atoms with Crippen molar-refractivity contribution in [3.63, 3.8) is 0 Å². The summed E-state index contributed by atoms with van der Waals surface area (Å²) >= 11 is 0. The van der Waals surface area contributed by atoms with Gasteiger partial charge in [-0.2, -0.15) is 0 Å². The van der Waals surface area contributed by atoms with Gasteiger partial charge in [0.1, 0.15) is 0 Å². The number of urea groups is 1. The maximum absolute atomic E-state index is 11.4. The number of nitrogens with two attached hydrogens (primary N) is 1. The summed E-state index contributed by atoms with van der Waals surface area (Å²) in [6, 6.07) is -0.420. The number of hydrogen-bond donors (Lipinski definition) is 3. The molecule has 4 N–H and O–H groups in total. The van der Waals surface area contributed by atoms with Crippen molar-refractivity contribution >= 4 is 12.0 Å². The minimum atomic E-state index is -0.763. The van der Waals surface area contributed by atoms with Gasteiger partial charge in [-0.05, 0) is 32.1 Å². The van der Waals surface area contributed by atoms with Crippen LogP contribution in [0.25, 0.3) is 0 Å². The number of carbonyl (C=O) groups excluding carboxylic acids is 1. The number of hydrogen-bond acceptors (Lipinski definition) is 3. The molecule has 0 spiro atoms. The Morgan fingerprint density at radius 1 is 0.957 bits per heavy atom. The molecule has 6 nitrogen and oxygen atoms in total. The number of carbonyl (C=O) groups is 2. The molecule has 0 saturated heterocycles. The summed E-state index contributed by atoms with van der Waals surface area (Å²) in [6.45, 7) is 3.32. The first kappa shape index (κ1) is 21.7. The van der Waals surface area contributed by atoms with Crippen LogP contribution in [0.1, 0.15) is 77.6 Å². The van der Waals surface area contributed by atoms with Crippen molar-refractivity contribution in [1.82, 2.24) is 4.90 Å². The lowest BCUT2D eigenvalue weighted by Gasteiger charge is -2.21. The van der Waals surface area contributed by atoms with Crippen LogP contribution in [-0.2, 0) is 4.79 Å². The van der Waals surface area contributed by atoms with Crippen LogP contribution in [0.5, 0.6) is 0 Å². The Labute approximate surface area is 140 Å². The number of carboxylic acid groups (broad SMARTS) is 1. The second-order valence-electron chi connectivity index (χ2n) is 6.18. The Balaban J connectivity index is 3.73. The molecule has 0 aromatic rings. The third-order valence-corrected chi connectivity index (χ3v) is 3.99. The van der Waals surface area contributed by atoms with Gasteiger partial charge in [-0.1, -0.05) is 39.0 Å². The zero-order valence-corrected chi connectivity index (χ0v) is 14.5. The molecule has 0 aromatic heterocycles. The molecule has 0 unspecified atom stereocenters. The summed E-state index contributed by atoms with van der Waals surface area (Å²) in [6.07, 6.45) is 8.81. The summed E-state index contributed by atoms with van der Waals surface area (Å²) in [5.41, 5.74) is 5.38. The van der Waals surface area contributed by atoms with Gasteiger partial charge in [0, 0.05) is 19.5 Å². The van der Waals surface area contributed by atoms with Crippen molar-refractivity contribution in [2.24, 2.45) is 5.73 Å². The number of aliphatic carboxylic acids is 1. The van der Waals surface area contributed by atoms with Crippen LogP contribution in [-0.4, -0.2) is 46.3 Å². The Morgan fingerprint density at radius 2 is 1.57 bits per heavy atom. The lowest BCUT2D eigenvalue weighted by Crippen LogP contribution is -2.37. The van der Waals surface area contributed by atoms with Crippen LogP contribution >= 0.6 is 0 Å². The maximum atomic E-state index is 11.4. The van der Waals surface area contributed by atoms with Crippen LogP contribution in [0.2, 0.25) is 0 Å². The quantitative estimate of drug-likeness (QED) is 0.401. The number of amides is 2. The lowest BCUT2D eigenvalue weighted by molar-refractivity contribution is -0.137. The molecule has 0 aliphatic heterocycles. The van der Waals surface area contributed by atoms with Gasteiger partial charge in [0.05, 0.1) is 6.10 Å². The fourth-order valence-electron chi connectivity index (χ4n) is 2.56. The Morgan fingerprint density at radius 3 is 2.17 bits per heavy atom. The van der Waals surface area contributed by atoms with Gasteiger partial charge in [0.25, 0.3) is 0 Å². The molecule has 2 amide bonds. The van der Waals surface area contributed by atoms with Gasteiger partial charge in [0.15, 0.2) is 0 Å². The van der Waals surface area contributed by atoms with Gasteiger partial charge in [-0.15, -0.1) is 0 Å². The fourth-order valence-corrected chi connectivity index (χ4v) is 2.56. The second-order valence-corrected chi connectivity index (χ2v) is 6.18. The van der Waals surface area contributed by atoms with Gasteiger partial charge in [0.2, 0.25) is 0 Å². The van der Waals surface area contributed by atoms with E-state index >= 15 is 0 Å². The number of rotatable bonds is 15. The molecule has 0 aromatic carbocycles. The van der Waals surface area contributed by atoms with E-state index in [9.17, 15) is 14.7 Å². The summed E-state index contributed by atoms with van der Waals surface area (Å²) in [5, 5.41) is 18.4. The van der Waals surface area contributed by atoms with Crippen LogP contribution in [0.15, 0.2) is 0 Å². The first-order chi connectivity index (χ1) is 11.0. The van der Waals surface area contributed by atoms with Gasteiger partial charge in [-0.25, -0.2) is 4.79 Å². The van der Waals surface area contributed by atoms with Crippen molar-refractivity contribution < 1.29 is 19.8 Å². The van der Waals surface area contributed by atoms with Gasteiger partial charge in [-0.3, -0.25) is 4.79 Å². The van der Waals surface area contributed by atoms with E-state index in [0.717, 1.165) is 51.4 Å². The van der Waals surface area contributed by atoms with Crippen molar-refractivity contribution in [2.45, 2.75) is 83.7 Å². The largest absolute Gasteiger partial charge is 0.481 e. The van der Waals surface area contributed by atoms with E-state index in [-0.39, 0.29) is 12.5 Å². The summed E-state index contributed by atoms with van der Waals surface area (Å²) in [5.74, 6) is -0.763. The number of aliphatic hydroxyl groups excluding tert-OH is 1. The predicted molar refractivity (Wildman–Crippen MR) is 91.3 cm³/mol. The van der Waals surface area contributed by atoms with Crippen molar-refractivity contribution in [1.29, 1.82) is 0 Å². The van der Waals surface area contributed by atoms with E-state index in [4.69, 9.17) is 10.8 Å². The Kier molecular flexibility index (Phi) is 13.5.